The van der Waals surface area contributed by atoms with Gasteiger partial charge in [-0.2, -0.15) is 0 Å². The van der Waals surface area contributed by atoms with Crippen LogP contribution in [0.1, 0.15) is 11.4 Å². The lowest BCUT2D eigenvalue weighted by Crippen LogP contribution is -1.93. The van der Waals surface area contributed by atoms with E-state index in [0.29, 0.717) is 0 Å². The zero-order valence-corrected chi connectivity index (χ0v) is 11.0. The van der Waals surface area contributed by atoms with E-state index in [2.05, 4.69) is 9.97 Å². The van der Waals surface area contributed by atoms with Crippen LogP contribution in [0.2, 0.25) is 0 Å². The van der Waals surface area contributed by atoms with Crippen molar-refractivity contribution in [1.82, 2.24) is 9.97 Å². The Kier molecular flexibility index (Phi) is 3.65. The van der Waals surface area contributed by atoms with E-state index >= 15 is 0 Å². The minimum absolute atomic E-state index is 0.877. The number of fused-ring (bicyclic) bond motifs is 2. The van der Waals surface area contributed by atoms with Gasteiger partial charge in [0.15, 0.2) is 0 Å². The molecular weight excluding hydrogens is 244 g/mol. The van der Waals surface area contributed by atoms with Crippen LogP contribution in [-0.2, 0) is 0 Å². The van der Waals surface area contributed by atoms with Gasteiger partial charge in [0, 0.05) is 0 Å². The Morgan fingerprint density at radius 2 is 0.900 bits per heavy atom. The maximum Gasteiger partial charge on any atom is 0.0894 e. The second-order valence-electron chi connectivity index (χ2n) is 4.36. The van der Waals surface area contributed by atoms with Crippen LogP contribution in [0.25, 0.3) is 23.2 Å². The number of hydrogen-bond acceptors (Lipinski definition) is 2. The Balaban J connectivity index is 2.15. The van der Waals surface area contributed by atoms with E-state index in [1.54, 1.807) is 0 Å². The molecule has 0 bridgehead atoms. The first-order valence-electron chi connectivity index (χ1n) is 6.55. The van der Waals surface area contributed by atoms with Crippen molar-refractivity contribution in [2.45, 2.75) is 0 Å². The first kappa shape index (κ1) is 12.3. The van der Waals surface area contributed by atoms with E-state index in [4.69, 9.17) is 0 Å². The number of benzene rings is 1. The van der Waals surface area contributed by atoms with E-state index in [0.717, 1.165) is 22.4 Å². The minimum atomic E-state index is 0.877. The van der Waals surface area contributed by atoms with Crippen molar-refractivity contribution in [3.8, 4) is 0 Å². The van der Waals surface area contributed by atoms with Crippen molar-refractivity contribution in [2.24, 2.45) is 0 Å². The first-order chi connectivity index (χ1) is 9.93. The highest BCUT2D eigenvalue weighted by Crippen LogP contribution is 2.15. The molecule has 0 saturated carbocycles. The quantitative estimate of drug-likeness (QED) is 0.702. The maximum absolute atomic E-state index is 4.67. The van der Waals surface area contributed by atoms with E-state index < -0.39 is 0 Å². The summed E-state index contributed by atoms with van der Waals surface area (Å²) >= 11 is 0. The molecule has 2 aromatic rings. The summed E-state index contributed by atoms with van der Waals surface area (Å²) in [6.45, 7) is 0. The molecule has 0 aliphatic heterocycles. The molecule has 0 amide bonds. The van der Waals surface area contributed by atoms with E-state index in [1.165, 1.54) is 0 Å². The van der Waals surface area contributed by atoms with Gasteiger partial charge in [-0.1, -0.05) is 60.7 Å². The lowest BCUT2D eigenvalue weighted by atomic mass is 10.2. The molecule has 0 unspecified atom stereocenters. The molecule has 2 heteroatoms. The third-order valence-electron chi connectivity index (χ3n) is 2.91. The van der Waals surface area contributed by atoms with Gasteiger partial charge in [-0.05, 0) is 24.3 Å². The average molecular weight is 258 g/mol. The normalized spacial score (nSPS) is 22.0. The standard InChI is InChI=1S/C18H14N2/c1-2-4-6-8-12-16-15(11-7-5-3-1)19-17-13-9-10-14-18(17)20-16/h1-14H/b2-1+,3-1?,4-2?,5-3-,6-4-,7-5?,8-6?,11-7-,12-8+,15-11?,16-12?. The van der Waals surface area contributed by atoms with Crippen molar-refractivity contribution in [1.29, 1.82) is 0 Å². The number of hydrogen-bond donors (Lipinski definition) is 0. The predicted molar refractivity (Wildman–Crippen MR) is 85.0 cm³/mol. The summed E-state index contributed by atoms with van der Waals surface area (Å²) in [4.78, 5) is 9.33. The topological polar surface area (TPSA) is 25.8 Å². The largest absolute Gasteiger partial charge is 0.245 e. The predicted octanol–water partition coefficient (Wildman–Crippen LogP) is 4.34. The molecule has 3 rings (SSSR count). The third kappa shape index (κ3) is 2.81. The van der Waals surface area contributed by atoms with Gasteiger partial charge >= 0.3 is 0 Å². The zero-order chi connectivity index (χ0) is 13.6. The highest BCUT2D eigenvalue weighted by atomic mass is 14.8. The smallest absolute Gasteiger partial charge is 0.0894 e. The molecule has 20 heavy (non-hydrogen) atoms. The Morgan fingerprint density at radius 1 is 0.500 bits per heavy atom. The second-order valence-corrected chi connectivity index (χ2v) is 4.36. The van der Waals surface area contributed by atoms with Gasteiger partial charge in [0.1, 0.15) is 0 Å². The molecule has 2 nitrogen and oxygen atoms in total. The maximum atomic E-state index is 4.67. The monoisotopic (exact) mass is 258 g/mol. The molecule has 1 aromatic heterocycles. The third-order valence-corrected chi connectivity index (χ3v) is 2.91. The summed E-state index contributed by atoms with van der Waals surface area (Å²) in [5.41, 5.74) is 3.58. The molecule has 96 valence electrons. The summed E-state index contributed by atoms with van der Waals surface area (Å²) in [5, 5.41) is 0. The van der Waals surface area contributed by atoms with Crippen LogP contribution in [0.5, 0.6) is 0 Å². The Morgan fingerprint density at radius 3 is 1.35 bits per heavy atom. The van der Waals surface area contributed by atoms with E-state index in [-0.39, 0.29) is 0 Å². The van der Waals surface area contributed by atoms with Crippen molar-refractivity contribution in [3.05, 3.63) is 84.3 Å². The zero-order valence-electron chi connectivity index (χ0n) is 11.0. The fourth-order valence-electron chi connectivity index (χ4n) is 1.95. The first-order valence-corrected chi connectivity index (χ1v) is 6.55. The molecule has 1 aliphatic carbocycles. The van der Waals surface area contributed by atoms with Crippen LogP contribution in [0, 0.1) is 0 Å². The molecule has 0 atom stereocenters. The second kappa shape index (κ2) is 5.93. The van der Waals surface area contributed by atoms with Crippen molar-refractivity contribution in [2.75, 3.05) is 0 Å². The summed E-state index contributed by atoms with van der Waals surface area (Å²) in [6, 6.07) is 7.92. The van der Waals surface area contributed by atoms with Gasteiger partial charge in [-0.15, -0.1) is 0 Å². The average Bonchev–Trinajstić information content (AvgIpc) is 2.47. The van der Waals surface area contributed by atoms with Crippen LogP contribution in [0.4, 0.5) is 0 Å². The lowest BCUT2D eigenvalue weighted by molar-refractivity contribution is 1.24. The SMILES string of the molecule is C1=C\C=C\C=C/C=C/c2nc3ccccc3nc2\C=C/1. The Hall–Kier alpha value is -2.74. The van der Waals surface area contributed by atoms with Gasteiger partial charge in [0.25, 0.3) is 0 Å². The molecule has 1 aliphatic rings. The van der Waals surface area contributed by atoms with Gasteiger partial charge in [-0.3, -0.25) is 0 Å². The van der Waals surface area contributed by atoms with Crippen molar-refractivity contribution >= 4 is 23.2 Å². The number of para-hydroxylation sites is 2. The van der Waals surface area contributed by atoms with Crippen LogP contribution >= 0.6 is 0 Å². The van der Waals surface area contributed by atoms with E-state index in [1.807, 2.05) is 85.0 Å². The fraction of sp³-hybridized carbons (Fsp3) is 0. The highest BCUT2D eigenvalue weighted by molar-refractivity contribution is 5.78. The van der Waals surface area contributed by atoms with Crippen molar-refractivity contribution < 1.29 is 0 Å². The number of nitrogens with zero attached hydrogens (tertiary/aromatic N) is 2. The summed E-state index contributed by atoms with van der Waals surface area (Å²) in [5.74, 6) is 0. The Labute approximate surface area is 118 Å². The summed E-state index contributed by atoms with van der Waals surface area (Å²) in [6.07, 6.45) is 19.8. The Bertz CT molecular complexity index is 698. The lowest BCUT2D eigenvalue weighted by Gasteiger charge is -2.03. The molecule has 1 aromatic carbocycles. The molecule has 1 heterocycles. The molecule has 0 radical (unpaired) electrons. The number of rotatable bonds is 0. The summed E-state index contributed by atoms with van der Waals surface area (Å²) < 4.78 is 0. The fourth-order valence-corrected chi connectivity index (χ4v) is 1.95. The molecule has 0 saturated heterocycles. The highest BCUT2D eigenvalue weighted by Gasteiger charge is 2.03. The van der Waals surface area contributed by atoms with Gasteiger partial charge in [0.2, 0.25) is 0 Å². The summed E-state index contributed by atoms with van der Waals surface area (Å²) in [7, 11) is 0. The van der Waals surface area contributed by atoms with Gasteiger partial charge < -0.3 is 0 Å². The molecule has 0 spiro atoms. The van der Waals surface area contributed by atoms with Crippen LogP contribution in [0.15, 0.2) is 72.9 Å². The number of aromatic nitrogens is 2. The minimum Gasteiger partial charge on any atom is -0.245 e. The molecular formula is C18H14N2. The van der Waals surface area contributed by atoms with Crippen LogP contribution in [0.3, 0.4) is 0 Å². The van der Waals surface area contributed by atoms with Crippen molar-refractivity contribution in [3.63, 3.8) is 0 Å². The van der Waals surface area contributed by atoms with E-state index in [9.17, 15) is 0 Å². The van der Waals surface area contributed by atoms with Crippen LogP contribution in [-0.4, -0.2) is 9.97 Å². The number of allylic oxidation sites excluding steroid dienone is 8. The van der Waals surface area contributed by atoms with Crippen LogP contribution < -0.4 is 0 Å². The molecule has 0 N–H and O–H groups in total. The van der Waals surface area contributed by atoms with Gasteiger partial charge in [0.05, 0.1) is 22.4 Å². The van der Waals surface area contributed by atoms with Gasteiger partial charge in [-0.25, -0.2) is 9.97 Å². The molecule has 0 fully saturated rings.